The maximum atomic E-state index is 6.18. The number of rotatable bonds is 5. The fourth-order valence-electron chi connectivity index (χ4n) is 3.75. The number of fused-ring (bicyclic) bond motifs is 2. The van der Waals surface area contributed by atoms with E-state index < -0.39 is 0 Å². The highest BCUT2D eigenvalue weighted by molar-refractivity contribution is 6.30. The molecule has 2 heterocycles. The van der Waals surface area contributed by atoms with Crippen LogP contribution in [0.1, 0.15) is 20.3 Å². The highest BCUT2D eigenvalue weighted by Crippen LogP contribution is 2.30. The smallest absolute Gasteiger partial charge is 0.148 e. The van der Waals surface area contributed by atoms with Crippen molar-refractivity contribution in [2.24, 2.45) is 4.99 Å². The van der Waals surface area contributed by atoms with E-state index in [9.17, 15) is 0 Å². The summed E-state index contributed by atoms with van der Waals surface area (Å²) in [6.45, 7) is 4.25. The quantitative estimate of drug-likeness (QED) is 0.330. The molecule has 0 saturated heterocycles. The van der Waals surface area contributed by atoms with Gasteiger partial charge in [-0.15, -0.1) is 0 Å². The Bertz CT molecular complexity index is 1440. The molecule has 1 unspecified atom stereocenters. The number of benzene rings is 3. The summed E-state index contributed by atoms with van der Waals surface area (Å²) in [4.78, 5) is 18.5. The lowest BCUT2D eigenvalue weighted by atomic mass is 10.1. The van der Waals surface area contributed by atoms with Crippen molar-refractivity contribution >= 4 is 34.1 Å². The van der Waals surface area contributed by atoms with Crippen molar-refractivity contribution in [3.8, 4) is 17.1 Å². The summed E-state index contributed by atoms with van der Waals surface area (Å²) in [5.41, 5.74) is 5.57. The lowest BCUT2D eigenvalue weighted by molar-refractivity contribution is 0.698. The van der Waals surface area contributed by atoms with Gasteiger partial charge in [-0.05, 0) is 61.9 Å². The molecule has 0 saturated carbocycles. The van der Waals surface area contributed by atoms with Crippen molar-refractivity contribution in [1.82, 2.24) is 19.5 Å². The molecule has 6 nitrogen and oxygen atoms in total. The van der Waals surface area contributed by atoms with Gasteiger partial charge in [-0.2, -0.15) is 0 Å². The largest absolute Gasteiger partial charge is 0.337 e. The van der Waals surface area contributed by atoms with Gasteiger partial charge < -0.3 is 9.88 Å². The first-order valence-electron chi connectivity index (χ1n) is 10.9. The Kier molecular flexibility index (Phi) is 5.75. The van der Waals surface area contributed by atoms with E-state index in [-0.39, 0.29) is 6.04 Å². The second-order valence-electron chi connectivity index (χ2n) is 7.87. The Morgan fingerprint density at radius 3 is 2.64 bits per heavy atom. The zero-order valence-corrected chi connectivity index (χ0v) is 19.2. The molecular weight excluding hydrogens is 432 g/mol. The van der Waals surface area contributed by atoms with E-state index in [1.807, 2.05) is 48.5 Å². The van der Waals surface area contributed by atoms with Crippen LogP contribution in [0.4, 0.5) is 11.5 Å². The summed E-state index contributed by atoms with van der Waals surface area (Å²) in [7, 11) is 0. The van der Waals surface area contributed by atoms with Crippen LogP contribution < -0.4 is 10.7 Å². The molecule has 1 aromatic heterocycles. The maximum Gasteiger partial charge on any atom is 0.148 e. The van der Waals surface area contributed by atoms with E-state index in [1.54, 1.807) is 18.6 Å². The van der Waals surface area contributed by atoms with E-state index >= 15 is 0 Å². The number of halogens is 1. The van der Waals surface area contributed by atoms with Gasteiger partial charge >= 0.3 is 0 Å². The zero-order chi connectivity index (χ0) is 22.8. The first-order chi connectivity index (χ1) is 16.1. The van der Waals surface area contributed by atoms with Gasteiger partial charge in [-0.3, -0.25) is 9.98 Å². The molecule has 2 aliphatic rings. The Balaban J connectivity index is 1.82. The third-order valence-electron chi connectivity index (χ3n) is 5.56. The van der Waals surface area contributed by atoms with E-state index in [1.165, 1.54) is 0 Å². The first-order valence-corrected chi connectivity index (χ1v) is 11.3. The van der Waals surface area contributed by atoms with Crippen LogP contribution in [0.25, 0.3) is 28.1 Å². The first kappa shape index (κ1) is 21.1. The molecule has 1 aliphatic carbocycles. The molecule has 3 aromatic rings. The van der Waals surface area contributed by atoms with Crippen LogP contribution in [0, 0.1) is 0 Å². The molecule has 0 bridgehead atoms. The summed E-state index contributed by atoms with van der Waals surface area (Å²) < 4.78 is 2.20. The van der Waals surface area contributed by atoms with Gasteiger partial charge in [0.05, 0.1) is 39.7 Å². The molecule has 0 fully saturated rings. The second-order valence-corrected chi connectivity index (χ2v) is 8.31. The van der Waals surface area contributed by atoms with Gasteiger partial charge in [0.15, 0.2) is 0 Å². The molecule has 7 heteroatoms. The normalized spacial score (nSPS) is 12.9. The van der Waals surface area contributed by atoms with Gasteiger partial charge in [-0.1, -0.05) is 30.7 Å². The maximum absolute atomic E-state index is 6.18. The zero-order valence-electron chi connectivity index (χ0n) is 18.4. The van der Waals surface area contributed by atoms with Crippen molar-refractivity contribution in [3.63, 3.8) is 0 Å². The Labute approximate surface area is 197 Å². The van der Waals surface area contributed by atoms with Crippen LogP contribution in [0.15, 0.2) is 84.2 Å². The fourth-order valence-corrected chi connectivity index (χ4v) is 3.87. The highest BCUT2D eigenvalue weighted by Gasteiger charge is 2.17. The van der Waals surface area contributed by atoms with Crippen molar-refractivity contribution < 1.29 is 0 Å². The summed E-state index contributed by atoms with van der Waals surface area (Å²) >= 11 is 6.18. The van der Waals surface area contributed by atoms with E-state index in [0.717, 1.165) is 45.6 Å². The summed E-state index contributed by atoms with van der Waals surface area (Å²) in [6.07, 6.45) is 5.95. The lowest BCUT2D eigenvalue weighted by Crippen LogP contribution is -2.17. The van der Waals surface area contributed by atoms with E-state index in [4.69, 9.17) is 21.6 Å². The van der Waals surface area contributed by atoms with Crippen LogP contribution >= 0.6 is 11.6 Å². The number of anilines is 2. The highest BCUT2D eigenvalue weighted by atomic mass is 35.5. The predicted molar refractivity (Wildman–Crippen MR) is 133 cm³/mol. The van der Waals surface area contributed by atoms with Gasteiger partial charge in [-0.25, -0.2) is 9.97 Å². The molecule has 164 valence electrons. The standard InChI is InChI=1S/C26H23ClN6/c1-3-17(2)30-22-15-25-23(14-21(22)32-26-16-28-12-13-29-26)31-20-6-4-5-7-24(20)33(25)19-10-8-18(27)9-11-19/h4-17H,3H2,1-2H3,(H,29,32). The average Bonchev–Trinajstić information content (AvgIpc) is 2.84. The minimum Gasteiger partial charge on any atom is -0.337 e. The van der Waals surface area contributed by atoms with Crippen LogP contribution in [-0.4, -0.2) is 25.6 Å². The number of hydrogen-bond acceptors (Lipinski definition) is 5. The third-order valence-corrected chi connectivity index (χ3v) is 5.81. The molecule has 1 aliphatic heterocycles. The van der Waals surface area contributed by atoms with Crippen molar-refractivity contribution in [2.75, 3.05) is 5.32 Å². The number of aromatic nitrogens is 4. The van der Waals surface area contributed by atoms with Crippen LogP contribution in [0.5, 0.6) is 0 Å². The van der Waals surface area contributed by atoms with Crippen molar-refractivity contribution in [1.29, 1.82) is 0 Å². The molecule has 1 N–H and O–H groups in total. The number of para-hydroxylation sites is 2. The Morgan fingerprint density at radius 2 is 1.88 bits per heavy atom. The van der Waals surface area contributed by atoms with Gasteiger partial charge in [0.1, 0.15) is 5.82 Å². The molecule has 0 spiro atoms. The minimum absolute atomic E-state index is 0.169. The predicted octanol–water partition coefficient (Wildman–Crippen LogP) is 6.02. The summed E-state index contributed by atoms with van der Waals surface area (Å²) in [6, 6.07) is 20.3. The second kappa shape index (κ2) is 9.00. The summed E-state index contributed by atoms with van der Waals surface area (Å²) in [5, 5.41) is 4.92. The van der Waals surface area contributed by atoms with Crippen molar-refractivity contribution in [2.45, 2.75) is 26.3 Å². The average molecular weight is 455 g/mol. The summed E-state index contributed by atoms with van der Waals surface area (Å²) in [5.74, 6) is 0.656. The fraction of sp³-hybridized carbons (Fsp3) is 0.154. The molecular formula is C26H23ClN6. The van der Waals surface area contributed by atoms with Crippen LogP contribution in [0.3, 0.4) is 0 Å². The molecule has 0 amide bonds. The molecule has 2 aromatic carbocycles. The van der Waals surface area contributed by atoms with E-state index in [0.29, 0.717) is 10.8 Å². The molecule has 1 atom stereocenters. The monoisotopic (exact) mass is 454 g/mol. The molecule has 5 rings (SSSR count). The molecule has 33 heavy (non-hydrogen) atoms. The van der Waals surface area contributed by atoms with E-state index in [2.05, 4.69) is 45.8 Å². The Hall–Kier alpha value is -3.77. The lowest BCUT2D eigenvalue weighted by Gasteiger charge is -2.20. The van der Waals surface area contributed by atoms with Crippen LogP contribution in [-0.2, 0) is 0 Å². The molecule has 0 radical (unpaired) electrons. The third kappa shape index (κ3) is 4.30. The van der Waals surface area contributed by atoms with Gasteiger partial charge in [0.25, 0.3) is 0 Å². The van der Waals surface area contributed by atoms with Crippen molar-refractivity contribution in [3.05, 3.63) is 89.6 Å². The minimum atomic E-state index is 0.169. The number of nitrogens with zero attached hydrogens (tertiary/aromatic N) is 5. The van der Waals surface area contributed by atoms with Crippen LogP contribution in [0.2, 0.25) is 5.02 Å². The van der Waals surface area contributed by atoms with Gasteiger partial charge in [0.2, 0.25) is 0 Å². The number of hydrogen-bond donors (Lipinski definition) is 1. The Morgan fingerprint density at radius 1 is 1.06 bits per heavy atom. The number of nitrogens with one attached hydrogen (secondary N) is 1. The van der Waals surface area contributed by atoms with Gasteiger partial charge in [0, 0.05) is 29.1 Å². The SMILES string of the molecule is CCC(C)N=c1cc2n(-c3ccc(Cl)cc3)c3ccccc3nc-2cc1Nc1cnccn1. The topological polar surface area (TPSA) is 68.0 Å².